The number of esters is 1. The van der Waals surface area contributed by atoms with Gasteiger partial charge in [-0.25, -0.2) is 9.78 Å². The number of nitrogens with one attached hydrogen (secondary N) is 1. The van der Waals surface area contributed by atoms with Gasteiger partial charge in [-0.3, -0.25) is 9.13 Å². The van der Waals surface area contributed by atoms with Crippen LogP contribution in [0.4, 0.5) is 5.82 Å². The standard InChI is InChI=1S/C17H23ClN5O9P/c1-2-30-15(26)16(33(27,28)29)31-5-8-10(24)11(25)14(32-8)23-6-19-9-12(20-7-3-4-7)21-17(18)22-13(9)23/h6-8,10-11,14,16,24-25H,2-5H2,1H3,(H,20,21,22)(H2,27,28,29)/t8-,10+,11-,14-,16-/m1/s1. The van der Waals surface area contributed by atoms with Crippen molar-refractivity contribution in [1.29, 1.82) is 0 Å². The number of rotatable bonds is 9. The zero-order valence-corrected chi connectivity index (χ0v) is 19.0. The van der Waals surface area contributed by atoms with Gasteiger partial charge in [0.25, 0.3) is 5.85 Å². The first-order chi connectivity index (χ1) is 15.6. The Balaban J connectivity index is 1.53. The Labute approximate surface area is 192 Å². The zero-order chi connectivity index (χ0) is 23.9. The van der Waals surface area contributed by atoms with Crippen LogP contribution in [0.3, 0.4) is 0 Å². The summed E-state index contributed by atoms with van der Waals surface area (Å²) >= 11 is 6.05. The third-order valence-corrected chi connectivity index (χ3v) is 6.28. The molecule has 0 spiro atoms. The van der Waals surface area contributed by atoms with Gasteiger partial charge in [0.05, 0.1) is 19.5 Å². The van der Waals surface area contributed by atoms with Crippen molar-refractivity contribution in [2.24, 2.45) is 0 Å². The molecule has 2 aromatic heterocycles. The van der Waals surface area contributed by atoms with Crippen LogP contribution >= 0.6 is 19.2 Å². The molecule has 1 aliphatic carbocycles. The Hall–Kier alpha value is -1.90. The minimum atomic E-state index is -5.02. The lowest BCUT2D eigenvalue weighted by Gasteiger charge is -2.20. The van der Waals surface area contributed by atoms with Crippen LogP contribution in [-0.4, -0.2) is 88.9 Å². The molecule has 5 atom stereocenters. The van der Waals surface area contributed by atoms with Gasteiger partial charge < -0.3 is 39.5 Å². The number of carbonyl (C=O) groups excluding carboxylic acids is 1. The van der Waals surface area contributed by atoms with E-state index in [0.717, 1.165) is 12.8 Å². The van der Waals surface area contributed by atoms with E-state index < -0.39 is 50.6 Å². The lowest BCUT2D eigenvalue weighted by atomic mass is 10.1. The van der Waals surface area contributed by atoms with Crippen molar-refractivity contribution in [3.63, 3.8) is 0 Å². The highest BCUT2D eigenvalue weighted by molar-refractivity contribution is 7.53. The lowest BCUT2D eigenvalue weighted by molar-refractivity contribution is -0.155. The van der Waals surface area contributed by atoms with Crippen LogP contribution < -0.4 is 5.32 Å². The Morgan fingerprint density at radius 3 is 2.73 bits per heavy atom. The number of aromatic nitrogens is 4. The van der Waals surface area contributed by atoms with Gasteiger partial charge in [-0.2, -0.15) is 9.97 Å². The molecule has 0 bridgehead atoms. The van der Waals surface area contributed by atoms with Crippen molar-refractivity contribution < 1.29 is 43.6 Å². The van der Waals surface area contributed by atoms with E-state index in [-0.39, 0.29) is 23.6 Å². The fraction of sp³-hybridized carbons (Fsp3) is 0.647. The van der Waals surface area contributed by atoms with E-state index in [1.165, 1.54) is 17.8 Å². The molecule has 1 saturated heterocycles. The SMILES string of the molecule is CCOC(=O)[C@H](OC[C@H]1O[C@@H](n2cnc3c(NC4CC4)nc(Cl)nc32)[C@H](O)[C@H]1O)P(=O)(O)O. The maximum absolute atomic E-state index is 11.8. The summed E-state index contributed by atoms with van der Waals surface area (Å²) in [5.41, 5.74) is 0.635. The molecule has 0 amide bonds. The monoisotopic (exact) mass is 507 g/mol. The summed E-state index contributed by atoms with van der Waals surface area (Å²) in [5, 5.41) is 24.1. The molecule has 16 heteroatoms. The molecule has 1 saturated carbocycles. The second-order valence-corrected chi connectivity index (χ2v) is 9.64. The molecule has 33 heavy (non-hydrogen) atoms. The van der Waals surface area contributed by atoms with Crippen molar-refractivity contribution in [2.45, 2.75) is 56.2 Å². The molecule has 5 N–H and O–H groups in total. The summed E-state index contributed by atoms with van der Waals surface area (Å²) in [6, 6.07) is 0.266. The fourth-order valence-corrected chi connectivity index (χ4v) is 4.19. The molecular weight excluding hydrogens is 485 g/mol. The number of halogens is 1. The molecular formula is C17H23ClN5O9P. The van der Waals surface area contributed by atoms with Crippen LogP contribution in [-0.2, 0) is 23.6 Å². The van der Waals surface area contributed by atoms with Crippen molar-refractivity contribution in [1.82, 2.24) is 19.5 Å². The van der Waals surface area contributed by atoms with Gasteiger partial charge in [-0.15, -0.1) is 0 Å². The Morgan fingerprint density at radius 2 is 2.09 bits per heavy atom. The molecule has 2 aliphatic rings. The van der Waals surface area contributed by atoms with Gasteiger partial charge in [0, 0.05) is 6.04 Å². The number of hydrogen-bond donors (Lipinski definition) is 5. The number of carbonyl (C=O) groups is 1. The highest BCUT2D eigenvalue weighted by Crippen LogP contribution is 2.43. The van der Waals surface area contributed by atoms with Crippen LogP contribution in [0, 0.1) is 0 Å². The summed E-state index contributed by atoms with van der Waals surface area (Å²) < 4.78 is 28.3. The topological polar surface area (TPSA) is 198 Å². The van der Waals surface area contributed by atoms with E-state index >= 15 is 0 Å². The Bertz CT molecular complexity index is 1080. The van der Waals surface area contributed by atoms with Crippen molar-refractivity contribution in [2.75, 3.05) is 18.5 Å². The van der Waals surface area contributed by atoms with E-state index in [0.29, 0.717) is 11.3 Å². The molecule has 182 valence electrons. The zero-order valence-electron chi connectivity index (χ0n) is 17.3. The predicted molar refractivity (Wildman–Crippen MR) is 111 cm³/mol. The van der Waals surface area contributed by atoms with Gasteiger partial charge in [-0.05, 0) is 31.4 Å². The van der Waals surface area contributed by atoms with Crippen molar-refractivity contribution >= 4 is 42.1 Å². The second-order valence-electron chi connectivity index (χ2n) is 7.66. The van der Waals surface area contributed by atoms with Gasteiger partial charge in [-0.1, -0.05) is 0 Å². The molecule has 14 nitrogen and oxygen atoms in total. The van der Waals surface area contributed by atoms with E-state index in [4.69, 9.17) is 21.1 Å². The molecule has 2 aromatic rings. The maximum atomic E-state index is 11.8. The number of aliphatic hydroxyl groups excluding tert-OH is 2. The highest BCUT2D eigenvalue weighted by atomic mass is 35.5. The number of fused-ring (bicyclic) bond motifs is 1. The number of anilines is 1. The summed E-state index contributed by atoms with van der Waals surface area (Å²) in [7, 11) is -5.02. The summed E-state index contributed by atoms with van der Waals surface area (Å²) in [6.45, 7) is 0.744. The summed E-state index contributed by atoms with van der Waals surface area (Å²) in [6.07, 6.45) is -2.06. The molecule has 0 aromatic carbocycles. The molecule has 3 heterocycles. The minimum Gasteiger partial charge on any atom is -0.464 e. The third-order valence-electron chi connectivity index (χ3n) is 5.14. The smallest absolute Gasteiger partial charge is 0.365 e. The molecule has 0 radical (unpaired) electrons. The molecule has 2 fully saturated rings. The van der Waals surface area contributed by atoms with Crippen molar-refractivity contribution in [3.05, 3.63) is 11.6 Å². The van der Waals surface area contributed by atoms with E-state index in [1.807, 2.05) is 0 Å². The summed E-state index contributed by atoms with van der Waals surface area (Å²) in [5.74, 6) is -3.02. The van der Waals surface area contributed by atoms with Crippen LogP contribution in [0.25, 0.3) is 11.2 Å². The van der Waals surface area contributed by atoms with Crippen LogP contribution in [0.1, 0.15) is 26.0 Å². The highest BCUT2D eigenvalue weighted by Gasteiger charge is 2.46. The number of imidazole rings is 1. The van der Waals surface area contributed by atoms with Gasteiger partial charge in [0.15, 0.2) is 23.2 Å². The molecule has 0 unspecified atom stereocenters. The van der Waals surface area contributed by atoms with E-state index in [1.54, 1.807) is 0 Å². The van der Waals surface area contributed by atoms with Crippen LogP contribution in [0.5, 0.6) is 0 Å². The Kier molecular flexibility index (Phi) is 6.90. The fourth-order valence-electron chi connectivity index (χ4n) is 3.40. The predicted octanol–water partition coefficient (Wildman–Crippen LogP) is -0.243. The van der Waals surface area contributed by atoms with Gasteiger partial charge in [0.2, 0.25) is 5.28 Å². The number of hydrogen-bond acceptors (Lipinski definition) is 11. The average Bonchev–Trinajstić information content (AvgIpc) is 3.38. The quantitative estimate of drug-likeness (QED) is 0.169. The first-order valence-corrected chi connectivity index (χ1v) is 12.2. The minimum absolute atomic E-state index is 0.0563. The Morgan fingerprint density at radius 1 is 1.36 bits per heavy atom. The third kappa shape index (κ3) is 5.12. The second kappa shape index (κ2) is 9.39. The van der Waals surface area contributed by atoms with Gasteiger partial charge >= 0.3 is 13.6 Å². The van der Waals surface area contributed by atoms with E-state index in [9.17, 15) is 29.4 Å². The van der Waals surface area contributed by atoms with Crippen LogP contribution in [0.15, 0.2) is 6.33 Å². The van der Waals surface area contributed by atoms with Crippen LogP contribution in [0.2, 0.25) is 5.28 Å². The number of nitrogens with zero attached hydrogens (tertiary/aromatic N) is 4. The number of aliphatic hydroxyl groups is 2. The lowest BCUT2D eigenvalue weighted by Crippen LogP contribution is -2.36. The number of ether oxygens (including phenoxy) is 3. The molecule has 4 rings (SSSR count). The first-order valence-electron chi connectivity index (χ1n) is 10.1. The van der Waals surface area contributed by atoms with Gasteiger partial charge in [0.1, 0.15) is 18.3 Å². The van der Waals surface area contributed by atoms with E-state index in [2.05, 4.69) is 25.0 Å². The normalized spacial score (nSPS) is 26.5. The summed E-state index contributed by atoms with van der Waals surface area (Å²) in [4.78, 5) is 43.2. The largest absolute Gasteiger partial charge is 0.464 e. The average molecular weight is 508 g/mol. The maximum Gasteiger partial charge on any atom is 0.365 e. The van der Waals surface area contributed by atoms with Crippen molar-refractivity contribution in [3.8, 4) is 0 Å². The molecule has 1 aliphatic heterocycles. The first kappa shape index (κ1) is 24.2.